The molecule has 0 spiro atoms. The molecule has 2 aromatic carbocycles. The molecule has 0 saturated heterocycles. The summed E-state index contributed by atoms with van der Waals surface area (Å²) >= 11 is 0. The molecule has 1 aliphatic rings. The van der Waals surface area contributed by atoms with Gasteiger partial charge >= 0.3 is 12.2 Å². The number of nitrogens with one attached hydrogen (secondary N) is 1. The summed E-state index contributed by atoms with van der Waals surface area (Å²) in [5.74, 6) is 0.444. The van der Waals surface area contributed by atoms with E-state index >= 15 is 0 Å². The number of hydrogen-bond acceptors (Lipinski definition) is 7. The Kier molecular flexibility index (Phi) is 7.65. The summed E-state index contributed by atoms with van der Waals surface area (Å²) in [7, 11) is 0. The number of carbonyl (C=O) groups excluding carboxylic acids is 1. The quantitative estimate of drug-likeness (QED) is 0.157. The lowest BCUT2D eigenvalue weighted by atomic mass is 9.94. The fourth-order valence-corrected chi connectivity index (χ4v) is 4.75. The Morgan fingerprint density at radius 1 is 1.13 bits per heavy atom. The summed E-state index contributed by atoms with van der Waals surface area (Å²) in [6.07, 6.45) is -0.0723. The molecule has 0 radical (unpaired) electrons. The van der Waals surface area contributed by atoms with E-state index in [1.165, 1.54) is 18.2 Å². The molecule has 1 saturated carbocycles. The number of hydrogen-bond donors (Lipinski definition) is 2. The Morgan fingerprint density at radius 2 is 1.84 bits per heavy atom. The molecule has 0 aliphatic heterocycles. The van der Waals surface area contributed by atoms with Crippen LogP contribution in [0.4, 0.5) is 21.1 Å². The highest BCUT2D eigenvalue weighted by atomic mass is 16.7. The summed E-state index contributed by atoms with van der Waals surface area (Å²) in [5.41, 5.74) is 1.57. The lowest BCUT2D eigenvalue weighted by molar-refractivity contribution is -0.385. The number of nitro groups is 1. The van der Waals surface area contributed by atoms with Crippen molar-refractivity contribution in [1.82, 2.24) is 9.78 Å². The molecule has 0 unspecified atom stereocenters. The van der Waals surface area contributed by atoms with E-state index in [4.69, 9.17) is 19.7 Å². The topological polar surface area (TPSA) is 146 Å². The second kappa shape index (κ2) is 10.9. The molecule has 3 aromatic rings. The zero-order valence-corrected chi connectivity index (χ0v) is 21.4. The number of non-ortho nitro benzene ring substituents is 1. The number of aromatic nitrogens is 2. The van der Waals surface area contributed by atoms with Gasteiger partial charge in [-0.25, -0.2) is 14.3 Å². The second-order valence-electron chi connectivity index (χ2n) is 10.3. The number of nitro benzene ring substituents is 1. The first-order valence-corrected chi connectivity index (χ1v) is 12.3. The third kappa shape index (κ3) is 6.28. The summed E-state index contributed by atoms with van der Waals surface area (Å²) in [5, 5.41) is 28.0. The SMILES string of the molecule is CC(C)(C)n1nc([C@H]2CC[C@@H](c3cc([N+](=O)[O-])ccc3OC(=O)O)C2)cc1NC(=O)OCc1ccccc1. The summed E-state index contributed by atoms with van der Waals surface area (Å²) in [6, 6.07) is 15.1. The highest BCUT2D eigenvalue weighted by Gasteiger charge is 2.33. The van der Waals surface area contributed by atoms with Crippen LogP contribution in [0.25, 0.3) is 0 Å². The van der Waals surface area contributed by atoms with Gasteiger partial charge in [0.2, 0.25) is 0 Å². The number of rotatable bonds is 7. The van der Waals surface area contributed by atoms with Gasteiger partial charge in [0.1, 0.15) is 18.2 Å². The van der Waals surface area contributed by atoms with Crippen LogP contribution in [0.5, 0.6) is 5.75 Å². The minimum Gasteiger partial charge on any atom is -0.449 e. The van der Waals surface area contributed by atoms with Crippen molar-refractivity contribution < 1.29 is 29.1 Å². The molecule has 11 nitrogen and oxygen atoms in total. The Labute approximate surface area is 219 Å². The lowest BCUT2D eigenvalue weighted by Crippen LogP contribution is -2.27. The van der Waals surface area contributed by atoms with Crippen LogP contribution in [-0.2, 0) is 16.9 Å². The van der Waals surface area contributed by atoms with E-state index in [0.717, 1.165) is 17.7 Å². The van der Waals surface area contributed by atoms with Gasteiger partial charge in [0.05, 0.1) is 16.2 Å². The maximum atomic E-state index is 12.6. The van der Waals surface area contributed by atoms with Gasteiger partial charge in [0.25, 0.3) is 5.69 Å². The fraction of sp³-hybridized carbons (Fsp3) is 0.370. The molecule has 11 heteroatoms. The van der Waals surface area contributed by atoms with Crippen LogP contribution >= 0.6 is 0 Å². The van der Waals surface area contributed by atoms with E-state index in [9.17, 15) is 19.7 Å². The predicted molar refractivity (Wildman–Crippen MR) is 139 cm³/mol. The number of ether oxygens (including phenoxy) is 2. The van der Waals surface area contributed by atoms with Crippen LogP contribution in [0.3, 0.4) is 0 Å². The Morgan fingerprint density at radius 3 is 2.50 bits per heavy atom. The third-order valence-electron chi connectivity index (χ3n) is 6.50. The van der Waals surface area contributed by atoms with E-state index in [1.54, 1.807) is 4.68 Å². The molecule has 1 aliphatic carbocycles. The number of benzene rings is 2. The van der Waals surface area contributed by atoms with Crippen molar-refractivity contribution in [2.45, 2.75) is 64.0 Å². The number of carbonyl (C=O) groups is 2. The minimum absolute atomic E-state index is 0.00132. The van der Waals surface area contributed by atoms with Gasteiger partial charge in [-0.2, -0.15) is 5.10 Å². The van der Waals surface area contributed by atoms with Gasteiger partial charge in [-0.15, -0.1) is 0 Å². The maximum absolute atomic E-state index is 12.6. The molecule has 2 atom stereocenters. The van der Waals surface area contributed by atoms with Crippen LogP contribution in [0.1, 0.15) is 68.7 Å². The first-order valence-electron chi connectivity index (χ1n) is 12.3. The van der Waals surface area contributed by atoms with Gasteiger partial charge in [-0.05, 0) is 57.6 Å². The largest absolute Gasteiger partial charge is 0.511 e. The zero-order valence-electron chi connectivity index (χ0n) is 21.4. The van der Waals surface area contributed by atoms with Crippen molar-refractivity contribution in [3.8, 4) is 5.75 Å². The van der Waals surface area contributed by atoms with Crippen molar-refractivity contribution in [2.24, 2.45) is 0 Å². The zero-order chi connectivity index (χ0) is 27.4. The van der Waals surface area contributed by atoms with Crippen LogP contribution in [-0.4, -0.2) is 32.1 Å². The molecule has 38 heavy (non-hydrogen) atoms. The van der Waals surface area contributed by atoms with Gasteiger partial charge in [0, 0.05) is 29.7 Å². The van der Waals surface area contributed by atoms with E-state index < -0.39 is 22.7 Å². The Hall–Kier alpha value is -4.41. The summed E-state index contributed by atoms with van der Waals surface area (Å²) < 4.78 is 12.0. The van der Waals surface area contributed by atoms with E-state index in [0.29, 0.717) is 24.2 Å². The Balaban J connectivity index is 1.53. The molecular formula is C27H30N4O7. The fourth-order valence-electron chi connectivity index (χ4n) is 4.75. The molecule has 1 amide bonds. The van der Waals surface area contributed by atoms with Crippen LogP contribution in [0, 0.1) is 10.1 Å². The molecule has 1 fully saturated rings. The molecule has 2 N–H and O–H groups in total. The molecule has 1 heterocycles. The first-order chi connectivity index (χ1) is 18.0. The van der Waals surface area contributed by atoms with Crippen LogP contribution in [0.15, 0.2) is 54.6 Å². The van der Waals surface area contributed by atoms with Crippen LogP contribution < -0.4 is 10.1 Å². The Bertz CT molecular complexity index is 1330. The lowest BCUT2D eigenvalue weighted by Gasteiger charge is -2.22. The number of carboxylic acid groups (broad SMARTS) is 1. The standard InChI is InChI=1S/C27H30N4O7/c1-27(2,3)30-24(28-25(32)37-16-17-7-5-4-6-8-17)15-22(29-30)19-10-9-18(13-19)21-14-20(31(35)36)11-12-23(21)38-26(33)34/h4-8,11-12,14-15,18-19H,9-10,13,16H2,1-3H3,(H,28,32)(H,33,34)/t18-,19+/m1/s1. The average molecular weight is 523 g/mol. The predicted octanol–water partition coefficient (Wildman–Crippen LogP) is 6.40. The molecule has 0 bridgehead atoms. The average Bonchev–Trinajstić information content (AvgIpc) is 3.51. The van der Waals surface area contributed by atoms with E-state index in [1.807, 2.05) is 57.2 Å². The maximum Gasteiger partial charge on any atom is 0.511 e. The van der Waals surface area contributed by atoms with Gasteiger partial charge in [-0.1, -0.05) is 30.3 Å². The number of amides is 1. The first kappa shape index (κ1) is 26.6. The second-order valence-corrected chi connectivity index (χ2v) is 10.3. The molecule has 4 rings (SSSR count). The molecule has 200 valence electrons. The van der Waals surface area contributed by atoms with Crippen LogP contribution in [0.2, 0.25) is 0 Å². The van der Waals surface area contributed by atoms with Crippen molar-refractivity contribution in [2.75, 3.05) is 5.32 Å². The normalized spacial score (nSPS) is 17.1. The van der Waals surface area contributed by atoms with Gasteiger partial charge in [-0.3, -0.25) is 15.4 Å². The van der Waals surface area contributed by atoms with E-state index in [-0.39, 0.29) is 29.9 Å². The third-order valence-corrected chi connectivity index (χ3v) is 6.50. The van der Waals surface area contributed by atoms with Gasteiger partial charge in [0.15, 0.2) is 0 Å². The monoisotopic (exact) mass is 522 g/mol. The number of nitrogens with zero attached hydrogens (tertiary/aromatic N) is 3. The molecular weight excluding hydrogens is 492 g/mol. The van der Waals surface area contributed by atoms with Crippen molar-refractivity contribution >= 4 is 23.8 Å². The van der Waals surface area contributed by atoms with Crippen molar-refractivity contribution in [3.05, 3.63) is 81.5 Å². The van der Waals surface area contributed by atoms with E-state index in [2.05, 4.69) is 5.32 Å². The highest BCUT2D eigenvalue weighted by molar-refractivity contribution is 5.83. The van der Waals surface area contributed by atoms with Gasteiger partial charge < -0.3 is 14.6 Å². The summed E-state index contributed by atoms with van der Waals surface area (Å²) in [4.78, 5) is 34.5. The van der Waals surface area contributed by atoms with Crippen molar-refractivity contribution in [1.29, 1.82) is 0 Å². The highest BCUT2D eigenvalue weighted by Crippen LogP contribution is 2.47. The number of anilines is 1. The summed E-state index contributed by atoms with van der Waals surface area (Å²) in [6.45, 7) is 6.05. The molecule has 1 aromatic heterocycles. The minimum atomic E-state index is -1.48. The smallest absolute Gasteiger partial charge is 0.449 e. The van der Waals surface area contributed by atoms with Crippen molar-refractivity contribution in [3.63, 3.8) is 0 Å².